The summed E-state index contributed by atoms with van der Waals surface area (Å²) in [6.45, 7) is 0. The number of pyridine rings is 1. The van der Waals surface area contributed by atoms with Crippen molar-refractivity contribution in [3.05, 3.63) is 30.5 Å². The lowest BCUT2D eigenvalue weighted by molar-refractivity contribution is -0.344. The van der Waals surface area contributed by atoms with Crippen LogP contribution < -0.4 is 14.5 Å². The number of nitrogens with one attached hydrogen (secondary N) is 1. The predicted octanol–water partition coefficient (Wildman–Crippen LogP) is 1.67. The molecule has 0 saturated heterocycles. The van der Waals surface area contributed by atoms with Crippen LogP contribution in [0.2, 0.25) is 0 Å². The highest BCUT2D eigenvalue weighted by molar-refractivity contribution is 5.83. The van der Waals surface area contributed by atoms with E-state index in [1.165, 1.54) is 0 Å². The normalized spacial score (nSPS) is 10.1. The van der Waals surface area contributed by atoms with Crippen molar-refractivity contribution in [2.45, 2.75) is 0 Å². The smallest absolute Gasteiger partial charge is 0.218 e. The molecule has 0 bridgehead atoms. The Hall–Kier alpha value is -1.77. The highest BCUT2D eigenvalue weighted by atomic mass is 16.5. The number of hydrogen-bond donors (Lipinski definition) is 0. The average molecular weight is 190 g/mol. The van der Waals surface area contributed by atoms with E-state index in [0.29, 0.717) is 0 Å². The zero-order valence-corrected chi connectivity index (χ0v) is 8.20. The van der Waals surface area contributed by atoms with Gasteiger partial charge in [-0.25, -0.2) is 4.98 Å². The number of hydrogen-bond acceptors (Lipinski definition) is 2. The minimum absolute atomic E-state index is 0.835. The Balaban J connectivity index is 2.67. The first-order chi connectivity index (χ1) is 6.85. The van der Waals surface area contributed by atoms with Gasteiger partial charge in [-0.15, -0.1) is 0 Å². The third-order valence-electron chi connectivity index (χ3n) is 2.19. The molecule has 0 unspecified atom stereocenters. The van der Waals surface area contributed by atoms with E-state index >= 15 is 0 Å². The fraction of sp³-hybridized carbons (Fsp3) is 0.182. The molecular weight excluding hydrogens is 178 g/mol. The van der Waals surface area contributed by atoms with Crippen LogP contribution in [-0.2, 0) is 0 Å². The van der Waals surface area contributed by atoms with Crippen molar-refractivity contribution in [1.29, 1.82) is 0 Å². The van der Waals surface area contributed by atoms with Crippen molar-refractivity contribution in [2.75, 3.05) is 14.2 Å². The van der Waals surface area contributed by atoms with Crippen molar-refractivity contribution < 1.29 is 14.5 Å². The zero-order chi connectivity index (χ0) is 9.97. The van der Waals surface area contributed by atoms with Gasteiger partial charge >= 0.3 is 0 Å². The van der Waals surface area contributed by atoms with Crippen molar-refractivity contribution in [3.63, 3.8) is 0 Å². The quantitative estimate of drug-likeness (QED) is 0.721. The summed E-state index contributed by atoms with van der Waals surface area (Å²) in [6, 6.07) is 7.73. The molecule has 0 fully saturated rings. The lowest BCUT2D eigenvalue weighted by Gasteiger charge is -2.02. The minimum Gasteiger partial charge on any atom is -0.497 e. The second-order valence-corrected chi connectivity index (χ2v) is 2.96. The van der Waals surface area contributed by atoms with Gasteiger partial charge in [0.25, 0.3) is 0 Å². The summed E-state index contributed by atoms with van der Waals surface area (Å²) in [4.78, 5) is 3.14. The fourth-order valence-corrected chi connectivity index (χ4v) is 1.46. The Kier molecular flexibility index (Phi) is 2.23. The summed E-state index contributed by atoms with van der Waals surface area (Å²) in [5.74, 6) is 1.70. The van der Waals surface area contributed by atoms with Gasteiger partial charge in [0.05, 0.1) is 25.7 Å². The summed E-state index contributed by atoms with van der Waals surface area (Å²) in [5, 5.41) is 1.05. The molecule has 0 spiro atoms. The van der Waals surface area contributed by atoms with Gasteiger partial charge in [0.1, 0.15) is 11.5 Å². The zero-order valence-electron chi connectivity index (χ0n) is 8.20. The van der Waals surface area contributed by atoms with Gasteiger partial charge in [-0.05, 0) is 12.1 Å². The Morgan fingerprint density at radius 1 is 1.07 bits per heavy atom. The number of benzene rings is 1. The monoisotopic (exact) mass is 190 g/mol. The van der Waals surface area contributed by atoms with E-state index in [9.17, 15) is 0 Å². The molecule has 0 aliphatic rings. The number of ether oxygens (including phenoxy) is 2. The molecule has 1 aromatic carbocycles. The van der Waals surface area contributed by atoms with Crippen LogP contribution >= 0.6 is 0 Å². The van der Waals surface area contributed by atoms with Crippen LogP contribution in [0.4, 0.5) is 0 Å². The molecule has 14 heavy (non-hydrogen) atoms. The molecule has 3 heteroatoms. The van der Waals surface area contributed by atoms with Gasteiger partial charge < -0.3 is 9.47 Å². The van der Waals surface area contributed by atoms with Gasteiger partial charge in [-0.2, -0.15) is 0 Å². The maximum absolute atomic E-state index is 5.24. The van der Waals surface area contributed by atoms with E-state index in [1.807, 2.05) is 30.5 Å². The lowest BCUT2D eigenvalue weighted by atomic mass is 10.2. The van der Waals surface area contributed by atoms with E-state index in [4.69, 9.17) is 9.47 Å². The first-order valence-electron chi connectivity index (χ1n) is 4.37. The van der Waals surface area contributed by atoms with Crippen LogP contribution in [0.3, 0.4) is 0 Å². The molecule has 72 valence electrons. The van der Waals surface area contributed by atoms with Crippen molar-refractivity contribution in [1.82, 2.24) is 0 Å². The first kappa shape index (κ1) is 8.81. The molecule has 0 aliphatic carbocycles. The summed E-state index contributed by atoms with van der Waals surface area (Å²) in [5.41, 5.74) is 1.00. The molecular formula is C11H12NO2+. The minimum atomic E-state index is 0.835. The van der Waals surface area contributed by atoms with Gasteiger partial charge in [-0.1, -0.05) is 0 Å². The summed E-state index contributed by atoms with van der Waals surface area (Å²) in [6.07, 6.45) is 1.85. The van der Waals surface area contributed by atoms with Gasteiger partial charge in [0.15, 0.2) is 6.20 Å². The second kappa shape index (κ2) is 3.54. The van der Waals surface area contributed by atoms with Crippen LogP contribution in [0.25, 0.3) is 10.9 Å². The number of H-pyrrole nitrogens is 1. The van der Waals surface area contributed by atoms with Crippen molar-refractivity contribution in [2.24, 2.45) is 0 Å². The van der Waals surface area contributed by atoms with Crippen molar-refractivity contribution in [3.8, 4) is 11.5 Å². The third-order valence-corrected chi connectivity index (χ3v) is 2.19. The molecule has 1 heterocycles. The van der Waals surface area contributed by atoms with E-state index in [1.54, 1.807) is 14.2 Å². The van der Waals surface area contributed by atoms with Crippen LogP contribution in [0.5, 0.6) is 11.5 Å². The van der Waals surface area contributed by atoms with Crippen LogP contribution in [0.1, 0.15) is 0 Å². The topological polar surface area (TPSA) is 32.6 Å². The van der Waals surface area contributed by atoms with E-state index in [-0.39, 0.29) is 0 Å². The molecule has 0 aliphatic heterocycles. The second-order valence-electron chi connectivity index (χ2n) is 2.96. The lowest BCUT2D eigenvalue weighted by Crippen LogP contribution is -2.03. The number of aromatic amines is 1. The van der Waals surface area contributed by atoms with Gasteiger partial charge in [0, 0.05) is 6.07 Å². The molecule has 1 N–H and O–H groups in total. The molecule has 3 nitrogen and oxygen atoms in total. The van der Waals surface area contributed by atoms with E-state index < -0.39 is 0 Å². The molecule has 0 amide bonds. The van der Waals surface area contributed by atoms with E-state index in [2.05, 4.69) is 4.98 Å². The highest BCUT2D eigenvalue weighted by Crippen LogP contribution is 2.24. The molecule has 2 rings (SSSR count). The molecule has 0 atom stereocenters. The first-order valence-corrected chi connectivity index (χ1v) is 4.37. The van der Waals surface area contributed by atoms with Gasteiger partial charge in [-0.3, -0.25) is 0 Å². The fourth-order valence-electron chi connectivity index (χ4n) is 1.46. The Morgan fingerprint density at radius 2 is 1.93 bits per heavy atom. The Morgan fingerprint density at radius 3 is 2.64 bits per heavy atom. The molecule has 1 aromatic heterocycles. The molecule has 0 radical (unpaired) electrons. The van der Waals surface area contributed by atoms with Crippen molar-refractivity contribution >= 4 is 10.9 Å². The number of rotatable bonds is 2. The van der Waals surface area contributed by atoms with Crippen LogP contribution in [0.15, 0.2) is 30.5 Å². The largest absolute Gasteiger partial charge is 0.497 e. The standard InChI is InChI=1S/C11H11NO2/c1-13-8-3-4-9-10(7-8)12-6-5-11(9)14-2/h3-7H,1-2H3/p+1. The van der Waals surface area contributed by atoms with Crippen LogP contribution in [-0.4, -0.2) is 14.2 Å². The predicted molar refractivity (Wildman–Crippen MR) is 53.6 cm³/mol. The summed E-state index contributed by atoms with van der Waals surface area (Å²) < 4.78 is 10.4. The number of fused-ring (bicyclic) bond motifs is 1. The number of aromatic nitrogens is 1. The Bertz CT molecular complexity index is 454. The molecule has 0 saturated carbocycles. The van der Waals surface area contributed by atoms with Crippen LogP contribution in [0, 0.1) is 0 Å². The highest BCUT2D eigenvalue weighted by Gasteiger charge is 2.07. The maximum Gasteiger partial charge on any atom is 0.218 e. The summed E-state index contributed by atoms with van der Waals surface area (Å²) in [7, 11) is 3.32. The van der Waals surface area contributed by atoms with E-state index in [0.717, 1.165) is 22.4 Å². The SMILES string of the molecule is COc1ccc2c(OC)cc[nH+]c2c1. The number of methoxy groups -OCH3 is 2. The maximum atomic E-state index is 5.24. The Labute approximate surface area is 82.3 Å². The average Bonchev–Trinajstić information content (AvgIpc) is 2.27. The molecule has 2 aromatic rings. The third kappa shape index (κ3) is 1.37. The summed E-state index contributed by atoms with van der Waals surface area (Å²) >= 11 is 0. The van der Waals surface area contributed by atoms with Gasteiger partial charge in [0.2, 0.25) is 5.52 Å².